The predicted octanol–water partition coefficient (Wildman–Crippen LogP) is 5.94. The molecule has 4 aliphatic rings. The van der Waals surface area contributed by atoms with Crippen molar-refractivity contribution in [1.82, 2.24) is 5.32 Å². The minimum absolute atomic E-state index is 0.00160. The van der Waals surface area contributed by atoms with E-state index < -0.39 is 4.92 Å². The number of rotatable bonds is 3. The normalized spacial score (nSPS) is 36.0. The van der Waals surface area contributed by atoms with Crippen LogP contribution in [0.1, 0.15) is 62.0 Å². The van der Waals surface area contributed by atoms with Crippen LogP contribution >= 0.6 is 22.9 Å². The van der Waals surface area contributed by atoms with Crippen molar-refractivity contribution in [2.45, 2.75) is 57.9 Å². The Hall–Kier alpha value is -1.66. The molecule has 4 saturated carbocycles. The lowest BCUT2D eigenvalue weighted by Gasteiger charge is -2.65. The topological polar surface area (TPSA) is 72.2 Å². The molecule has 1 N–H and O–H groups in total. The van der Waals surface area contributed by atoms with Crippen molar-refractivity contribution in [1.29, 1.82) is 0 Å². The first-order valence-corrected chi connectivity index (χ1v) is 11.0. The summed E-state index contributed by atoms with van der Waals surface area (Å²) in [6.07, 6.45) is 6.82. The van der Waals surface area contributed by atoms with E-state index in [1.54, 1.807) is 12.1 Å². The summed E-state index contributed by atoms with van der Waals surface area (Å²) in [5.74, 6) is 0.486. The van der Waals surface area contributed by atoms with Gasteiger partial charge in [0.25, 0.3) is 11.6 Å². The Bertz CT molecular complexity index is 1010. The average Bonchev–Trinajstić information content (AvgIpc) is 2.88. The second kappa shape index (κ2) is 5.70. The molecule has 4 bridgehead atoms. The van der Waals surface area contributed by atoms with Gasteiger partial charge in [0.05, 0.1) is 9.95 Å². The van der Waals surface area contributed by atoms with Crippen molar-refractivity contribution in [2.24, 2.45) is 16.7 Å². The van der Waals surface area contributed by atoms with E-state index in [9.17, 15) is 14.9 Å². The lowest BCUT2D eigenvalue weighted by Crippen LogP contribution is -2.65. The van der Waals surface area contributed by atoms with Gasteiger partial charge in [-0.3, -0.25) is 14.9 Å². The van der Waals surface area contributed by atoms with Gasteiger partial charge in [-0.15, -0.1) is 11.3 Å². The van der Waals surface area contributed by atoms with Crippen LogP contribution in [0.3, 0.4) is 0 Å². The molecule has 0 radical (unpaired) electrons. The Morgan fingerprint density at radius 2 is 1.89 bits per heavy atom. The van der Waals surface area contributed by atoms with Crippen molar-refractivity contribution >= 4 is 44.6 Å². The van der Waals surface area contributed by atoms with Gasteiger partial charge < -0.3 is 5.32 Å². The molecule has 4 aliphatic carbocycles. The van der Waals surface area contributed by atoms with Crippen LogP contribution < -0.4 is 5.32 Å². The molecule has 1 amide bonds. The molecule has 1 aromatic heterocycles. The minimum Gasteiger partial charge on any atom is -0.346 e. The number of hydrogen-bond donors (Lipinski definition) is 1. The molecule has 5 nitrogen and oxygen atoms in total. The molecule has 2 atom stereocenters. The van der Waals surface area contributed by atoms with Crippen molar-refractivity contribution in [3.63, 3.8) is 0 Å². The maximum absolute atomic E-state index is 13.3. The summed E-state index contributed by atoms with van der Waals surface area (Å²) in [6, 6.07) is 4.81. The first-order valence-electron chi connectivity index (χ1n) is 9.79. The molecular weight excluding hydrogens is 396 g/mol. The summed E-state index contributed by atoms with van der Waals surface area (Å²) in [4.78, 5) is 24.6. The van der Waals surface area contributed by atoms with E-state index in [4.69, 9.17) is 11.6 Å². The van der Waals surface area contributed by atoms with Crippen LogP contribution in [0, 0.1) is 26.9 Å². The van der Waals surface area contributed by atoms with E-state index >= 15 is 0 Å². The van der Waals surface area contributed by atoms with Gasteiger partial charge in [-0.2, -0.15) is 0 Å². The average molecular weight is 419 g/mol. The standard InChI is InChI=1S/C21H23ClN2O3S/c1-19-6-12-7-20(2,9-19)11-21(8-12,10-19)23-18(25)17-15(22)13-4-3-5-14(24(26)27)16(13)28-17/h3-5,12H,6-11H2,1-2H3,(H,23,25)/t12?,19-,20-,21?/m0/s1. The smallest absolute Gasteiger partial charge is 0.287 e. The van der Waals surface area contributed by atoms with Crippen molar-refractivity contribution < 1.29 is 9.72 Å². The fourth-order valence-electron chi connectivity index (χ4n) is 7.25. The largest absolute Gasteiger partial charge is 0.346 e. The molecule has 0 unspecified atom stereocenters. The maximum Gasteiger partial charge on any atom is 0.287 e. The highest BCUT2D eigenvalue weighted by Crippen LogP contribution is 2.66. The number of non-ortho nitro benzene ring substituents is 1. The molecule has 0 spiro atoms. The summed E-state index contributed by atoms with van der Waals surface area (Å²) in [7, 11) is 0. The molecular formula is C21H23ClN2O3S. The molecule has 1 aromatic carbocycles. The number of carbonyl (C=O) groups is 1. The second-order valence-corrected chi connectivity index (χ2v) is 11.4. The van der Waals surface area contributed by atoms with Gasteiger partial charge in [0.15, 0.2) is 0 Å². The summed E-state index contributed by atoms with van der Waals surface area (Å²) < 4.78 is 0.465. The highest BCUT2D eigenvalue weighted by atomic mass is 35.5. The zero-order valence-electron chi connectivity index (χ0n) is 16.0. The van der Waals surface area contributed by atoms with Gasteiger partial charge in [-0.1, -0.05) is 37.6 Å². The summed E-state index contributed by atoms with van der Waals surface area (Å²) in [5.41, 5.74) is 0.415. The lowest BCUT2D eigenvalue weighted by atomic mass is 9.43. The molecule has 148 valence electrons. The number of nitro benzene ring substituents is 1. The Labute approximate surface area is 172 Å². The Kier molecular flexibility index (Phi) is 3.74. The number of benzene rings is 1. The van der Waals surface area contributed by atoms with Crippen molar-refractivity contribution in [3.05, 3.63) is 38.2 Å². The maximum atomic E-state index is 13.3. The molecule has 1 heterocycles. The number of thiophene rings is 1. The van der Waals surface area contributed by atoms with Crippen LogP contribution in [0.4, 0.5) is 5.69 Å². The number of nitro groups is 1. The highest BCUT2D eigenvalue weighted by Gasteiger charge is 2.60. The number of amides is 1. The van der Waals surface area contributed by atoms with Crippen LogP contribution in [0.2, 0.25) is 5.02 Å². The van der Waals surface area contributed by atoms with Gasteiger partial charge in [-0.05, 0) is 55.3 Å². The van der Waals surface area contributed by atoms with E-state index in [0.717, 1.165) is 30.6 Å². The van der Waals surface area contributed by atoms with Crippen LogP contribution in [0.15, 0.2) is 18.2 Å². The Balaban J connectivity index is 1.51. The molecule has 0 saturated heterocycles. The van der Waals surface area contributed by atoms with Gasteiger partial charge in [0.2, 0.25) is 0 Å². The quantitative estimate of drug-likeness (QED) is 0.495. The van der Waals surface area contributed by atoms with Gasteiger partial charge >= 0.3 is 0 Å². The molecule has 6 rings (SSSR count). The van der Waals surface area contributed by atoms with E-state index in [1.165, 1.54) is 25.3 Å². The number of hydrogen-bond acceptors (Lipinski definition) is 4. The van der Waals surface area contributed by atoms with E-state index in [0.29, 0.717) is 36.7 Å². The van der Waals surface area contributed by atoms with Gasteiger partial charge in [0.1, 0.15) is 9.58 Å². The van der Waals surface area contributed by atoms with Crippen molar-refractivity contribution in [2.75, 3.05) is 0 Å². The molecule has 28 heavy (non-hydrogen) atoms. The van der Waals surface area contributed by atoms with E-state index in [1.807, 2.05) is 0 Å². The van der Waals surface area contributed by atoms with Crippen LogP contribution in [0.5, 0.6) is 0 Å². The molecule has 0 aliphatic heterocycles. The van der Waals surface area contributed by atoms with Crippen LogP contribution in [-0.2, 0) is 0 Å². The zero-order valence-corrected chi connectivity index (χ0v) is 17.6. The third-order valence-electron chi connectivity index (χ3n) is 7.04. The third kappa shape index (κ3) is 2.68. The van der Waals surface area contributed by atoms with E-state index in [-0.39, 0.29) is 17.1 Å². The molecule has 4 fully saturated rings. The number of carbonyl (C=O) groups excluding carboxylic acids is 1. The SMILES string of the molecule is C[C@@]12CC3CC(NC(=O)c4sc5c([N+](=O)[O-])cccc5c4Cl)(C1)C[C@@](C)(C3)C2. The fourth-order valence-corrected chi connectivity index (χ4v) is 8.74. The number of halogens is 1. The first-order chi connectivity index (χ1) is 13.1. The van der Waals surface area contributed by atoms with Gasteiger partial charge in [0, 0.05) is 17.0 Å². The second-order valence-electron chi connectivity index (χ2n) is 10.0. The zero-order chi connectivity index (χ0) is 19.9. The Morgan fingerprint density at radius 1 is 1.21 bits per heavy atom. The van der Waals surface area contributed by atoms with Crippen LogP contribution in [0.25, 0.3) is 10.1 Å². The molecule has 7 heteroatoms. The first kappa shape index (κ1) is 18.4. The number of fused-ring (bicyclic) bond motifs is 1. The van der Waals surface area contributed by atoms with Crippen LogP contribution in [-0.4, -0.2) is 16.4 Å². The van der Waals surface area contributed by atoms with Crippen molar-refractivity contribution in [3.8, 4) is 0 Å². The summed E-state index contributed by atoms with van der Waals surface area (Å²) in [5, 5.41) is 15.6. The predicted molar refractivity (Wildman–Crippen MR) is 111 cm³/mol. The van der Waals surface area contributed by atoms with E-state index in [2.05, 4.69) is 19.2 Å². The fraction of sp³-hybridized carbons (Fsp3) is 0.571. The number of nitrogens with zero attached hydrogens (tertiary/aromatic N) is 1. The lowest BCUT2D eigenvalue weighted by molar-refractivity contribution is -0.382. The summed E-state index contributed by atoms with van der Waals surface area (Å²) >= 11 is 7.62. The highest BCUT2D eigenvalue weighted by molar-refractivity contribution is 7.22. The number of nitrogens with one attached hydrogen (secondary N) is 1. The summed E-state index contributed by atoms with van der Waals surface area (Å²) in [6.45, 7) is 4.73. The minimum atomic E-state index is -0.419. The monoisotopic (exact) mass is 418 g/mol. The third-order valence-corrected chi connectivity index (χ3v) is 8.77. The Morgan fingerprint density at radius 3 is 2.50 bits per heavy atom. The molecule has 2 aromatic rings. The van der Waals surface area contributed by atoms with Gasteiger partial charge in [-0.25, -0.2) is 0 Å².